The molecule has 0 aliphatic rings. The van der Waals surface area contributed by atoms with Gasteiger partial charge in [-0.05, 0) is 71.6 Å². The lowest BCUT2D eigenvalue weighted by molar-refractivity contribution is -0.132. The minimum Gasteiger partial charge on any atom is -0.491 e. The Morgan fingerprint density at radius 3 is 1.05 bits per heavy atom. The second kappa shape index (κ2) is 17.0. The lowest BCUT2D eigenvalue weighted by atomic mass is 10.3. The Hall–Kier alpha value is 0.134. The predicted molar refractivity (Wildman–Crippen MR) is 201 cm³/mol. The zero-order valence-corrected chi connectivity index (χ0v) is 37.7. The van der Waals surface area contributed by atoms with E-state index >= 15 is 0 Å². The van der Waals surface area contributed by atoms with Crippen LogP contribution in [0, 0.1) is 11.8 Å². The first-order chi connectivity index (χ1) is 19.6. The molecule has 0 saturated heterocycles. The average molecular weight is 707 g/mol. The molecule has 0 heterocycles. The first-order valence-corrected chi connectivity index (χ1v) is 28.9. The number of carbonyl (C=O) groups is 1. The van der Waals surface area contributed by atoms with Crippen molar-refractivity contribution >= 4 is 48.5 Å². The summed E-state index contributed by atoms with van der Waals surface area (Å²) in [5.74, 6) is 0.0806. The van der Waals surface area contributed by atoms with Gasteiger partial charge >= 0.3 is 23.6 Å². The van der Waals surface area contributed by atoms with Crippen LogP contribution < -0.4 is 0 Å². The quantitative estimate of drug-likeness (QED) is 0.0927. The molecule has 0 aliphatic heterocycles. The molecule has 6 nitrogen and oxygen atoms in total. The summed E-state index contributed by atoms with van der Waals surface area (Å²) in [4.78, 5) is 13.5. The third-order valence-corrected chi connectivity index (χ3v) is 33.9. The Morgan fingerprint density at radius 2 is 0.841 bits per heavy atom. The second-order valence-corrected chi connectivity index (χ2v) is 38.6. The SMILES string of the molecule is C=C(C)C(=O)O[Si](CC(C)C)(CC(C)C)O[Si](O[Si](C)(C)C)(O[Si](C(C)C)(C(C)C)C(C)C)O[Si](C(C)C)(C(C)C)C(C)C. The molecule has 44 heavy (non-hydrogen) atoms. The first-order valence-electron chi connectivity index (χ1n) is 17.3. The van der Waals surface area contributed by atoms with Crippen molar-refractivity contribution < 1.29 is 25.7 Å². The van der Waals surface area contributed by atoms with Gasteiger partial charge in [-0.1, -0.05) is 117 Å². The summed E-state index contributed by atoms with van der Waals surface area (Å²) >= 11 is 0. The van der Waals surface area contributed by atoms with Crippen molar-refractivity contribution in [2.24, 2.45) is 11.8 Å². The van der Waals surface area contributed by atoms with Gasteiger partial charge in [-0.2, -0.15) is 0 Å². The van der Waals surface area contributed by atoms with Crippen LogP contribution in [0.1, 0.15) is 118 Å². The lowest BCUT2D eigenvalue weighted by Gasteiger charge is -2.54. The molecule has 0 aromatic carbocycles. The van der Waals surface area contributed by atoms with Crippen LogP contribution in [0.2, 0.25) is 65.0 Å². The maximum Gasteiger partial charge on any atom is 0.639 e. The van der Waals surface area contributed by atoms with Crippen molar-refractivity contribution in [3.05, 3.63) is 12.2 Å². The van der Waals surface area contributed by atoms with E-state index < -0.39 is 48.5 Å². The summed E-state index contributed by atoms with van der Waals surface area (Å²) in [7, 11) is -14.9. The van der Waals surface area contributed by atoms with Crippen LogP contribution >= 0.6 is 0 Å². The van der Waals surface area contributed by atoms with E-state index in [-0.39, 0.29) is 11.8 Å². The van der Waals surface area contributed by atoms with Gasteiger partial charge in [0.1, 0.15) is 0 Å². The van der Waals surface area contributed by atoms with Crippen LogP contribution in [0.5, 0.6) is 0 Å². The van der Waals surface area contributed by atoms with Crippen molar-refractivity contribution in [1.29, 1.82) is 0 Å². The summed E-state index contributed by atoms with van der Waals surface area (Å²) < 4.78 is 37.4. The van der Waals surface area contributed by atoms with E-state index in [1.807, 2.05) is 0 Å². The largest absolute Gasteiger partial charge is 0.639 e. The molecule has 0 spiro atoms. The standard InChI is InChI=1S/C33H74O6Si5/c1-24(2)22-41(23-25(3)4,35-33(34)26(5)6)37-44(36-40(19,20)21,38-42(27(7)8,28(9)10)29(11)12)39-43(30(13)14,31(15)16)32(17)18/h24-25,27-32H,5,22-23H2,1-4,6-21H3. The Balaban J connectivity index is 8.32. The van der Waals surface area contributed by atoms with Crippen molar-refractivity contribution in [3.63, 3.8) is 0 Å². The Morgan fingerprint density at radius 1 is 0.545 bits per heavy atom. The molecule has 0 saturated carbocycles. The van der Waals surface area contributed by atoms with Crippen LogP contribution in [0.4, 0.5) is 0 Å². The van der Waals surface area contributed by atoms with Gasteiger partial charge in [0.15, 0.2) is 25.0 Å². The highest BCUT2D eigenvalue weighted by molar-refractivity contribution is 6.94. The molecule has 0 aliphatic carbocycles. The van der Waals surface area contributed by atoms with Gasteiger partial charge in [0.25, 0.3) is 0 Å². The number of hydrogen-bond acceptors (Lipinski definition) is 6. The van der Waals surface area contributed by atoms with Crippen molar-refractivity contribution in [1.82, 2.24) is 0 Å². The van der Waals surface area contributed by atoms with Gasteiger partial charge < -0.3 is 20.9 Å². The minimum absolute atomic E-state index is 0.238. The molecule has 0 aromatic rings. The summed E-state index contributed by atoms with van der Waals surface area (Å²) in [5.41, 5.74) is 2.15. The highest BCUT2D eigenvalue weighted by Crippen LogP contribution is 2.50. The zero-order chi connectivity index (χ0) is 35.2. The Labute approximate surface area is 279 Å². The van der Waals surface area contributed by atoms with E-state index in [0.717, 1.165) is 0 Å². The van der Waals surface area contributed by atoms with E-state index in [4.69, 9.17) is 20.9 Å². The second-order valence-electron chi connectivity index (χ2n) is 16.9. The molecule has 0 amide bonds. The number of rotatable bonds is 20. The highest BCUT2D eigenvalue weighted by atomic mass is 28.5. The molecule has 0 fully saturated rings. The fourth-order valence-corrected chi connectivity index (χ4v) is 37.0. The van der Waals surface area contributed by atoms with Gasteiger partial charge in [-0.3, -0.25) is 0 Å². The van der Waals surface area contributed by atoms with Gasteiger partial charge in [0.05, 0.1) is 0 Å². The zero-order valence-electron chi connectivity index (χ0n) is 32.7. The third-order valence-electron chi connectivity index (χ3n) is 8.83. The smallest absolute Gasteiger partial charge is 0.491 e. The van der Waals surface area contributed by atoms with E-state index in [1.165, 1.54) is 0 Å². The molecule has 0 rings (SSSR count). The van der Waals surface area contributed by atoms with Crippen molar-refractivity contribution in [3.8, 4) is 0 Å². The third kappa shape index (κ3) is 11.4. The molecule has 0 aromatic heterocycles. The maximum absolute atomic E-state index is 13.5. The summed E-state index contributed by atoms with van der Waals surface area (Å²) in [5, 5.41) is 0. The van der Waals surface area contributed by atoms with E-state index in [2.05, 4.69) is 137 Å². The van der Waals surface area contributed by atoms with Crippen LogP contribution in [-0.4, -0.2) is 48.5 Å². The summed E-state index contributed by atoms with van der Waals surface area (Å²) in [6, 6.07) is 1.28. The molecule has 0 unspecified atom stereocenters. The van der Waals surface area contributed by atoms with Crippen molar-refractivity contribution in [2.75, 3.05) is 0 Å². The normalized spacial score (nSPS) is 14.5. The van der Waals surface area contributed by atoms with E-state index in [0.29, 0.717) is 50.9 Å². The van der Waals surface area contributed by atoms with Crippen LogP contribution in [0.3, 0.4) is 0 Å². The fraction of sp³-hybridized carbons (Fsp3) is 0.909. The molecule has 0 bridgehead atoms. The maximum atomic E-state index is 13.5. The summed E-state index contributed by atoms with van der Waals surface area (Å²) in [6.07, 6.45) is 0. The molecular weight excluding hydrogens is 633 g/mol. The Kier molecular flexibility index (Phi) is 17.0. The van der Waals surface area contributed by atoms with Gasteiger partial charge in [-0.15, -0.1) is 0 Å². The number of hydrogen-bond donors (Lipinski definition) is 0. The molecule has 262 valence electrons. The van der Waals surface area contributed by atoms with Crippen molar-refractivity contribution in [2.45, 2.75) is 183 Å². The number of carbonyl (C=O) groups excluding carboxylic acids is 1. The monoisotopic (exact) mass is 706 g/mol. The molecule has 11 heteroatoms. The topological polar surface area (TPSA) is 63.2 Å². The van der Waals surface area contributed by atoms with Crippen LogP contribution in [0.15, 0.2) is 12.2 Å². The van der Waals surface area contributed by atoms with E-state index in [9.17, 15) is 4.79 Å². The summed E-state index contributed by atoms with van der Waals surface area (Å²) in [6.45, 7) is 48.5. The fourth-order valence-electron chi connectivity index (χ4n) is 7.64. The molecule has 0 atom stereocenters. The average Bonchev–Trinajstić information content (AvgIpc) is 2.77. The predicted octanol–water partition coefficient (Wildman–Crippen LogP) is 11.5. The van der Waals surface area contributed by atoms with Crippen LogP contribution in [0.25, 0.3) is 0 Å². The Bertz CT molecular complexity index is 821. The van der Waals surface area contributed by atoms with Crippen LogP contribution in [-0.2, 0) is 25.7 Å². The van der Waals surface area contributed by atoms with E-state index in [1.54, 1.807) is 6.92 Å². The minimum atomic E-state index is -4.01. The van der Waals surface area contributed by atoms with Gasteiger partial charge in [0.2, 0.25) is 0 Å². The molecular formula is C33H74O6Si5. The molecule has 0 radical (unpaired) electrons. The molecule has 0 N–H and O–H groups in total. The lowest BCUT2D eigenvalue weighted by Crippen LogP contribution is -2.72. The van der Waals surface area contributed by atoms with Gasteiger partial charge in [0, 0.05) is 17.7 Å². The first kappa shape index (κ1) is 44.1. The van der Waals surface area contributed by atoms with Gasteiger partial charge in [-0.25, -0.2) is 4.79 Å². The highest BCUT2D eigenvalue weighted by Gasteiger charge is 2.66.